The minimum atomic E-state index is -3.51. The highest BCUT2D eigenvalue weighted by Gasteiger charge is 2.16. The van der Waals surface area contributed by atoms with Crippen molar-refractivity contribution in [2.75, 3.05) is 20.2 Å². The summed E-state index contributed by atoms with van der Waals surface area (Å²) in [6, 6.07) is 16.6. The molecule has 2 aromatic rings. The second kappa shape index (κ2) is 9.03. The quantitative estimate of drug-likeness (QED) is 0.692. The van der Waals surface area contributed by atoms with Gasteiger partial charge in [0.2, 0.25) is 0 Å². The van der Waals surface area contributed by atoms with Gasteiger partial charge in [0.25, 0.3) is 10.2 Å². The predicted molar refractivity (Wildman–Crippen MR) is 96.4 cm³/mol. The van der Waals surface area contributed by atoms with Crippen molar-refractivity contribution in [3.05, 3.63) is 65.2 Å². The summed E-state index contributed by atoms with van der Waals surface area (Å²) in [6.07, 6.45) is 0.563. The first kappa shape index (κ1) is 18.7. The Kier molecular flexibility index (Phi) is 7.05. The van der Waals surface area contributed by atoms with Gasteiger partial charge in [0.15, 0.2) is 0 Å². The molecule has 2 rings (SSSR count). The Bertz CT molecular complexity index is 739. The molecule has 24 heavy (non-hydrogen) atoms. The van der Waals surface area contributed by atoms with Crippen LogP contribution in [0.4, 0.5) is 0 Å². The minimum Gasteiger partial charge on any atom is -0.492 e. The fourth-order valence-corrected chi connectivity index (χ4v) is 3.16. The van der Waals surface area contributed by atoms with Crippen LogP contribution in [0.15, 0.2) is 54.6 Å². The van der Waals surface area contributed by atoms with Crippen LogP contribution in [-0.4, -0.2) is 32.9 Å². The molecule has 0 heterocycles. The van der Waals surface area contributed by atoms with Crippen molar-refractivity contribution in [2.24, 2.45) is 0 Å². The lowest BCUT2D eigenvalue weighted by Crippen LogP contribution is -2.38. The number of nitrogens with one attached hydrogen (secondary N) is 1. The molecule has 0 spiro atoms. The predicted octanol–water partition coefficient (Wildman–Crippen LogP) is 3.08. The van der Waals surface area contributed by atoms with Crippen molar-refractivity contribution < 1.29 is 13.2 Å². The Labute approximate surface area is 148 Å². The monoisotopic (exact) mass is 368 g/mol. The highest BCUT2D eigenvalue weighted by atomic mass is 35.5. The largest absolute Gasteiger partial charge is 0.492 e. The number of nitrogens with zero attached hydrogens (tertiary/aromatic N) is 1. The molecule has 0 unspecified atom stereocenters. The van der Waals surface area contributed by atoms with Gasteiger partial charge in [-0.15, -0.1) is 0 Å². The highest BCUT2D eigenvalue weighted by Crippen LogP contribution is 2.23. The van der Waals surface area contributed by atoms with E-state index in [4.69, 9.17) is 16.3 Å². The lowest BCUT2D eigenvalue weighted by molar-refractivity contribution is 0.296. The molecule has 0 amide bonds. The van der Waals surface area contributed by atoms with Crippen LogP contribution < -0.4 is 9.46 Å². The minimum absolute atomic E-state index is 0.267. The summed E-state index contributed by atoms with van der Waals surface area (Å²) < 4.78 is 33.8. The van der Waals surface area contributed by atoms with E-state index in [1.54, 1.807) is 19.2 Å². The number of benzene rings is 2. The summed E-state index contributed by atoms with van der Waals surface area (Å²) in [5.74, 6) is 0.604. The maximum atomic E-state index is 12.2. The van der Waals surface area contributed by atoms with E-state index in [2.05, 4.69) is 4.72 Å². The van der Waals surface area contributed by atoms with Gasteiger partial charge in [0, 0.05) is 20.1 Å². The normalized spacial score (nSPS) is 11.6. The summed E-state index contributed by atoms with van der Waals surface area (Å²) in [5.41, 5.74) is 0.913. The zero-order chi connectivity index (χ0) is 17.4. The van der Waals surface area contributed by atoms with Crippen molar-refractivity contribution in [1.29, 1.82) is 0 Å². The molecule has 130 valence electrons. The van der Waals surface area contributed by atoms with Crippen LogP contribution in [0.3, 0.4) is 0 Å². The molecule has 0 aliphatic rings. The molecule has 2 aromatic carbocycles. The molecule has 0 aromatic heterocycles. The van der Waals surface area contributed by atoms with Crippen LogP contribution >= 0.6 is 11.6 Å². The molecule has 0 fully saturated rings. The fourth-order valence-electron chi connectivity index (χ4n) is 2.03. The molecule has 0 saturated carbocycles. The van der Waals surface area contributed by atoms with Gasteiger partial charge in [-0.2, -0.15) is 17.4 Å². The van der Waals surface area contributed by atoms with Crippen LogP contribution in [0.5, 0.6) is 5.75 Å². The first-order chi connectivity index (χ1) is 11.5. The Morgan fingerprint density at radius 3 is 2.46 bits per heavy atom. The third-order valence-electron chi connectivity index (χ3n) is 3.42. The second-order valence-corrected chi connectivity index (χ2v) is 7.54. The van der Waals surface area contributed by atoms with Gasteiger partial charge in [0.1, 0.15) is 5.75 Å². The second-order valence-electron chi connectivity index (χ2n) is 5.27. The molecule has 0 bridgehead atoms. The van der Waals surface area contributed by atoms with Crippen LogP contribution in [-0.2, 0) is 16.8 Å². The average molecular weight is 369 g/mol. The van der Waals surface area contributed by atoms with Crippen molar-refractivity contribution in [3.8, 4) is 5.75 Å². The summed E-state index contributed by atoms with van der Waals surface area (Å²) in [4.78, 5) is 0. The van der Waals surface area contributed by atoms with Gasteiger partial charge in [-0.3, -0.25) is 0 Å². The van der Waals surface area contributed by atoms with E-state index >= 15 is 0 Å². The maximum absolute atomic E-state index is 12.2. The Balaban J connectivity index is 1.74. The summed E-state index contributed by atoms with van der Waals surface area (Å²) in [6.45, 7) is 1.01. The lowest BCUT2D eigenvalue weighted by atomic mass is 10.2. The van der Waals surface area contributed by atoms with Crippen LogP contribution in [0.1, 0.15) is 12.0 Å². The van der Waals surface area contributed by atoms with Crippen molar-refractivity contribution in [2.45, 2.75) is 13.0 Å². The van der Waals surface area contributed by atoms with Crippen LogP contribution in [0, 0.1) is 0 Å². The summed E-state index contributed by atoms with van der Waals surface area (Å²) in [7, 11) is -1.97. The number of hydrogen-bond acceptors (Lipinski definition) is 3. The number of halogens is 1. The van der Waals surface area contributed by atoms with E-state index in [0.29, 0.717) is 30.3 Å². The zero-order valence-corrected chi connectivity index (χ0v) is 15.1. The van der Waals surface area contributed by atoms with E-state index in [1.807, 2.05) is 42.5 Å². The molecule has 1 N–H and O–H groups in total. The molecule has 0 aliphatic carbocycles. The molecule has 7 heteroatoms. The molecular weight excluding hydrogens is 348 g/mol. The van der Waals surface area contributed by atoms with Gasteiger partial charge in [-0.05, 0) is 24.1 Å². The van der Waals surface area contributed by atoms with Crippen molar-refractivity contribution >= 4 is 21.8 Å². The van der Waals surface area contributed by atoms with Gasteiger partial charge >= 0.3 is 0 Å². The molecular formula is C17H21ClN2O3S. The van der Waals surface area contributed by atoms with Crippen LogP contribution in [0.25, 0.3) is 0 Å². The van der Waals surface area contributed by atoms with Crippen LogP contribution in [0.2, 0.25) is 5.02 Å². The summed E-state index contributed by atoms with van der Waals surface area (Å²) in [5, 5.41) is 0.544. The molecule has 0 saturated heterocycles. The third-order valence-corrected chi connectivity index (χ3v) is 5.25. The first-order valence-electron chi connectivity index (χ1n) is 7.61. The average Bonchev–Trinajstić information content (AvgIpc) is 2.59. The first-order valence-corrected chi connectivity index (χ1v) is 9.43. The topological polar surface area (TPSA) is 58.6 Å². The number of para-hydroxylation sites is 1. The van der Waals surface area contributed by atoms with E-state index < -0.39 is 10.2 Å². The zero-order valence-electron chi connectivity index (χ0n) is 13.5. The molecule has 0 radical (unpaired) electrons. The van der Waals surface area contributed by atoms with Crippen molar-refractivity contribution in [3.63, 3.8) is 0 Å². The van der Waals surface area contributed by atoms with E-state index in [-0.39, 0.29) is 6.54 Å². The third kappa shape index (κ3) is 5.79. The number of hydrogen-bond donors (Lipinski definition) is 1. The summed E-state index contributed by atoms with van der Waals surface area (Å²) >= 11 is 6.00. The lowest BCUT2D eigenvalue weighted by Gasteiger charge is -2.18. The standard InChI is InChI=1S/C17H21ClN2O3S/c1-20(12-7-13-23-17-11-6-5-10-16(17)18)24(21,22)19-14-15-8-3-2-4-9-15/h2-6,8-11,19H,7,12-14H2,1H3. The van der Waals surface area contributed by atoms with Crippen molar-refractivity contribution in [1.82, 2.24) is 9.03 Å². The highest BCUT2D eigenvalue weighted by molar-refractivity contribution is 7.87. The number of ether oxygens (including phenoxy) is 1. The van der Waals surface area contributed by atoms with Gasteiger partial charge in [-0.1, -0.05) is 54.1 Å². The molecule has 0 atom stereocenters. The number of rotatable bonds is 9. The Morgan fingerprint density at radius 2 is 1.75 bits per heavy atom. The molecule has 5 nitrogen and oxygen atoms in total. The fraction of sp³-hybridized carbons (Fsp3) is 0.294. The molecule has 0 aliphatic heterocycles. The van der Waals surface area contributed by atoms with Gasteiger partial charge < -0.3 is 4.74 Å². The Hall–Kier alpha value is -1.60. The van der Waals surface area contributed by atoms with Gasteiger partial charge in [0.05, 0.1) is 11.6 Å². The maximum Gasteiger partial charge on any atom is 0.279 e. The van der Waals surface area contributed by atoms with E-state index in [9.17, 15) is 8.42 Å². The van der Waals surface area contributed by atoms with Gasteiger partial charge in [-0.25, -0.2) is 0 Å². The van der Waals surface area contributed by atoms with E-state index in [1.165, 1.54) is 4.31 Å². The SMILES string of the molecule is CN(CCCOc1ccccc1Cl)S(=O)(=O)NCc1ccccc1. The Morgan fingerprint density at radius 1 is 1.08 bits per heavy atom. The van der Waals surface area contributed by atoms with E-state index in [0.717, 1.165) is 5.56 Å². The smallest absolute Gasteiger partial charge is 0.279 e.